The molecule has 6 nitrogen and oxygen atoms in total. The van der Waals surface area contributed by atoms with Gasteiger partial charge in [-0.2, -0.15) is 0 Å². The molecule has 0 aliphatic heterocycles. The summed E-state index contributed by atoms with van der Waals surface area (Å²) in [6, 6.07) is -1.24. The molecule has 118 valence electrons. The molecule has 0 aromatic carbocycles. The maximum atomic E-state index is 12.4. The van der Waals surface area contributed by atoms with Crippen LogP contribution in [0.5, 0.6) is 0 Å². The molecular formula is C14H23N3O3S. The second-order valence-electron chi connectivity index (χ2n) is 5.37. The van der Waals surface area contributed by atoms with Crippen molar-refractivity contribution in [1.82, 2.24) is 15.2 Å². The fraction of sp³-hybridized carbons (Fsp3) is 0.643. The van der Waals surface area contributed by atoms with Crippen LogP contribution in [0, 0.1) is 5.92 Å². The summed E-state index contributed by atoms with van der Waals surface area (Å²) in [6.07, 6.45) is 0.789. The molecule has 1 rings (SSSR count). The van der Waals surface area contributed by atoms with Crippen LogP contribution in [0.25, 0.3) is 0 Å². The molecule has 0 bridgehead atoms. The average molecular weight is 313 g/mol. The Hall–Kier alpha value is -1.63. The van der Waals surface area contributed by atoms with Crippen LogP contribution < -0.4 is 5.32 Å². The number of hydrogen-bond acceptors (Lipinski definition) is 4. The zero-order chi connectivity index (χ0) is 16.0. The van der Waals surface area contributed by atoms with Gasteiger partial charge in [0.2, 0.25) is 0 Å². The zero-order valence-electron chi connectivity index (χ0n) is 12.9. The SMILES string of the molecule is CCC(C)N(Cc1cscn1)C(=O)N[C@H](C(=O)O)C(C)C. The van der Waals surface area contributed by atoms with Crippen LogP contribution in [0.1, 0.15) is 39.8 Å². The highest BCUT2D eigenvalue weighted by atomic mass is 32.1. The van der Waals surface area contributed by atoms with Gasteiger partial charge in [0.15, 0.2) is 0 Å². The Kier molecular flexibility index (Phi) is 6.61. The highest BCUT2D eigenvalue weighted by molar-refractivity contribution is 7.07. The first-order chi connectivity index (χ1) is 9.86. The lowest BCUT2D eigenvalue weighted by Crippen LogP contribution is -2.52. The summed E-state index contributed by atoms with van der Waals surface area (Å²) in [5.74, 6) is -1.19. The summed E-state index contributed by atoms with van der Waals surface area (Å²) in [7, 11) is 0. The number of aliphatic carboxylic acids is 1. The van der Waals surface area contributed by atoms with Crippen molar-refractivity contribution >= 4 is 23.3 Å². The number of rotatable bonds is 7. The van der Waals surface area contributed by atoms with Crippen LogP contribution in [-0.4, -0.2) is 39.1 Å². The van der Waals surface area contributed by atoms with Gasteiger partial charge in [-0.05, 0) is 19.3 Å². The standard InChI is InChI=1S/C14H23N3O3S/c1-5-10(4)17(6-11-7-21-8-15-11)14(20)16-12(9(2)3)13(18)19/h7-10,12H,5-6H2,1-4H3,(H,16,20)(H,18,19)/t10?,12-/m0/s1. The normalized spacial score (nSPS) is 13.8. The highest BCUT2D eigenvalue weighted by Gasteiger charge is 2.27. The molecular weight excluding hydrogens is 290 g/mol. The smallest absolute Gasteiger partial charge is 0.326 e. The number of hydrogen-bond donors (Lipinski definition) is 2. The molecule has 1 heterocycles. The van der Waals surface area contributed by atoms with Gasteiger partial charge >= 0.3 is 12.0 Å². The molecule has 1 unspecified atom stereocenters. The molecule has 2 N–H and O–H groups in total. The van der Waals surface area contributed by atoms with Gasteiger partial charge in [-0.1, -0.05) is 20.8 Å². The van der Waals surface area contributed by atoms with E-state index in [9.17, 15) is 14.7 Å². The molecule has 0 saturated carbocycles. The first-order valence-electron chi connectivity index (χ1n) is 7.03. The van der Waals surface area contributed by atoms with E-state index in [0.29, 0.717) is 6.54 Å². The number of urea groups is 1. The van der Waals surface area contributed by atoms with Crippen molar-refractivity contribution in [3.63, 3.8) is 0 Å². The molecule has 0 spiro atoms. The number of thiazole rings is 1. The number of carbonyl (C=O) groups is 2. The summed E-state index contributed by atoms with van der Waals surface area (Å²) in [4.78, 5) is 29.4. The van der Waals surface area contributed by atoms with Gasteiger partial charge in [0.1, 0.15) is 6.04 Å². The van der Waals surface area contributed by atoms with E-state index < -0.39 is 12.0 Å². The minimum atomic E-state index is -1.02. The van der Waals surface area contributed by atoms with E-state index in [4.69, 9.17) is 0 Å². The van der Waals surface area contributed by atoms with Gasteiger partial charge < -0.3 is 15.3 Å². The minimum absolute atomic E-state index is 0.00769. The van der Waals surface area contributed by atoms with Crippen LogP contribution >= 0.6 is 11.3 Å². The van der Waals surface area contributed by atoms with Crippen LogP contribution in [0.15, 0.2) is 10.9 Å². The van der Waals surface area contributed by atoms with Crippen molar-refractivity contribution in [2.24, 2.45) is 5.92 Å². The van der Waals surface area contributed by atoms with Crippen molar-refractivity contribution in [1.29, 1.82) is 0 Å². The van der Waals surface area contributed by atoms with Gasteiger partial charge in [-0.25, -0.2) is 14.6 Å². The predicted octanol–water partition coefficient (Wildman–Crippen LogP) is 2.56. The van der Waals surface area contributed by atoms with Crippen molar-refractivity contribution in [2.75, 3.05) is 0 Å². The van der Waals surface area contributed by atoms with E-state index in [0.717, 1.165) is 12.1 Å². The van der Waals surface area contributed by atoms with E-state index >= 15 is 0 Å². The van der Waals surface area contributed by atoms with E-state index in [1.807, 2.05) is 19.2 Å². The summed E-state index contributed by atoms with van der Waals surface area (Å²) in [5.41, 5.74) is 2.53. The first-order valence-corrected chi connectivity index (χ1v) is 7.98. The van der Waals surface area contributed by atoms with Crippen LogP contribution in [0.3, 0.4) is 0 Å². The second kappa shape index (κ2) is 7.97. The predicted molar refractivity (Wildman–Crippen MR) is 82.2 cm³/mol. The summed E-state index contributed by atoms with van der Waals surface area (Å²) >= 11 is 1.47. The number of carbonyl (C=O) groups excluding carboxylic acids is 1. The molecule has 1 aromatic heterocycles. The van der Waals surface area contributed by atoms with Crippen molar-refractivity contribution in [3.8, 4) is 0 Å². The van der Waals surface area contributed by atoms with E-state index in [1.54, 1.807) is 24.3 Å². The topological polar surface area (TPSA) is 82.5 Å². The Bertz CT molecular complexity index is 462. The number of aromatic nitrogens is 1. The van der Waals surface area contributed by atoms with Crippen LogP contribution in [0.2, 0.25) is 0 Å². The number of nitrogens with zero attached hydrogens (tertiary/aromatic N) is 2. The van der Waals surface area contributed by atoms with Crippen molar-refractivity contribution in [2.45, 2.75) is 52.7 Å². The summed E-state index contributed by atoms with van der Waals surface area (Å²) in [6.45, 7) is 7.86. The Morgan fingerprint density at radius 3 is 2.52 bits per heavy atom. The third-order valence-corrected chi connectivity index (χ3v) is 4.05. The van der Waals surface area contributed by atoms with Gasteiger partial charge in [0.25, 0.3) is 0 Å². The largest absolute Gasteiger partial charge is 0.480 e. The zero-order valence-corrected chi connectivity index (χ0v) is 13.7. The lowest BCUT2D eigenvalue weighted by molar-refractivity contribution is -0.140. The van der Waals surface area contributed by atoms with E-state index in [1.165, 1.54) is 11.3 Å². The third kappa shape index (κ3) is 5.00. The molecule has 2 amide bonds. The lowest BCUT2D eigenvalue weighted by atomic mass is 10.1. The third-order valence-electron chi connectivity index (χ3n) is 3.41. The number of nitrogens with one attached hydrogen (secondary N) is 1. The molecule has 7 heteroatoms. The van der Waals surface area contributed by atoms with Gasteiger partial charge in [-0.3, -0.25) is 0 Å². The quantitative estimate of drug-likeness (QED) is 0.810. The lowest BCUT2D eigenvalue weighted by Gasteiger charge is -2.30. The Labute approximate surface area is 129 Å². The van der Waals surface area contributed by atoms with Crippen LogP contribution in [-0.2, 0) is 11.3 Å². The maximum absolute atomic E-state index is 12.4. The number of amides is 2. The van der Waals surface area contributed by atoms with Crippen LogP contribution in [0.4, 0.5) is 4.79 Å². The molecule has 1 aromatic rings. The molecule has 0 saturated heterocycles. The monoisotopic (exact) mass is 313 g/mol. The average Bonchev–Trinajstić information content (AvgIpc) is 2.93. The molecule has 2 atom stereocenters. The van der Waals surface area contributed by atoms with E-state index in [2.05, 4.69) is 10.3 Å². The fourth-order valence-electron chi connectivity index (χ4n) is 1.87. The number of carboxylic acids is 1. The first kappa shape index (κ1) is 17.4. The summed E-state index contributed by atoms with van der Waals surface area (Å²) in [5, 5.41) is 13.7. The maximum Gasteiger partial charge on any atom is 0.326 e. The Morgan fingerprint density at radius 1 is 1.43 bits per heavy atom. The fourth-order valence-corrected chi connectivity index (χ4v) is 2.42. The second-order valence-corrected chi connectivity index (χ2v) is 6.09. The van der Waals surface area contributed by atoms with Gasteiger partial charge in [0.05, 0.1) is 17.7 Å². The van der Waals surface area contributed by atoms with Crippen molar-refractivity contribution in [3.05, 3.63) is 16.6 Å². The minimum Gasteiger partial charge on any atom is -0.480 e. The Balaban J connectivity index is 2.82. The summed E-state index contributed by atoms with van der Waals surface area (Å²) < 4.78 is 0. The highest BCUT2D eigenvalue weighted by Crippen LogP contribution is 2.12. The van der Waals surface area contributed by atoms with E-state index in [-0.39, 0.29) is 18.0 Å². The molecule has 21 heavy (non-hydrogen) atoms. The van der Waals surface area contributed by atoms with Crippen molar-refractivity contribution < 1.29 is 14.7 Å². The van der Waals surface area contributed by atoms with Gasteiger partial charge in [0, 0.05) is 11.4 Å². The molecule has 0 aliphatic rings. The molecule has 0 aliphatic carbocycles. The molecule has 0 fully saturated rings. The number of carboxylic acid groups (broad SMARTS) is 1. The van der Waals surface area contributed by atoms with Gasteiger partial charge in [-0.15, -0.1) is 11.3 Å². The molecule has 0 radical (unpaired) electrons. The Morgan fingerprint density at radius 2 is 2.10 bits per heavy atom.